The zero-order chi connectivity index (χ0) is 19.1. The molecule has 0 aromatic heterocycles. The first-order chi connectivity index (χ1) is 11.6. The summed E-state index contributed by atoms with van der Waals surface area (Å²) in [4.78, 5) is 11.7. The van der Waals surface area contributed by atoms with Crippen LogP contribution >= 0.6 is 0 Å². The van der Waals surface area contributed by atoms with Crippen molar-refractivity contribution >= 4 is 5.91 Å². The Morgan fingerprint density at radius 2 is 1.60 bits per heavy atom. The van der Waals surface area contributed by atoms with Crippen LogP contribution in [0.1, 0.15) is 13.8 Å². The van der Waals surface area contributed by atoms with Crippen LogP contribution < -0.4 is 5.32 Å². The molecule has 2 aliphatic rings. The largest absolute Gasteiger partial charge is 0.394 e. The molecular weight excluding hydrogens is 342 g/mol. The number of amides is 1. The first-order valence-electron chi connectivity index (χ1n) is 7.86. The Morgan fingerprint density at radius 1 is 1.00 bits per heavy atom. The van der Waals surface area contributed by atoms with Gasteiger partial charge in [-0.25, -0.2) is 0 Å². The summed E-state index contributed by atoms with van der Waals surface area (Å²) in [6.07, 6.45) is -14.7. The molecule has 2 rings (SSSR count). The maximum Gasteiger partial charge on any atom is 0.217 e. The van der Waals surface area contributed by atoms with E-state index in [1.807, 2.05) is 0 Å². The molecule has 8 N–H and O–H groups in total. The van der Waals surface area contributed by atoms with Gasteiger partial charge in [0, 0.05) is 6.92 Å². The lowest BCUT2D eigenvalue weighted by molar-refractivity contribution is -0.331. The monoisotopic (exact) mass is 367 g/mol. The van der Waals surface area contributed by atoms with Crippen molar-refractivity contribution in [2.45, 2.75) is 74.5 Å². The van der Waals surface area contributed by atoms with Crippen LogP contribution in [0.3, 0.4) is 0 Å². The first-order valence-corrected chi connectivity index (χ1v) is 7.86. The average Bonchev–Trinajstić information content (AvgIpc) is 2.56. The van der Waals surface area contributed by atoms with E-state index >= 15 is 0 Å². The van der Waals surface area contributed by atoms with Gasteiger partial charge in [-0.15, -0.1) is 0 Å². The highest BCUT2D eigenvalue weighted by molar-refractivity contribution is 5.74. The van der Waals surface area contributed by atoms with E-state index in [4.69, 9.17) is 9.47 Å². The number of carbonyl (C=O) groups excluding carboxylic acids is 1. The third kappa shape index (κ3) is 3.27. The van der Waals surface area contributed by atoms with Crippen molar-refractivity contribution in [1.29, 1.82) is 0 Å². The summed E-state index contributed by atoms with van der Waals surface area (Å²) in [6.45, 7) is 1.72. The molecule has 2 unspecified atom stereocenters. The fraction of sp³-hybridized carbons (Fsp3) is 0.929. The lowest BCUT2D eigenvalue weighted by atomic mass is 9.74. The van der Waals surface area contributed by atoms with E-state index in [1.165, 1.54) is 6.92 Å². The van der Waals surface area contributed by atoms with Crippen molar-refractivity contribution in [2.75, 3.05) is 6.61 Å². The summed E-state index contributed by atoms with van der Waals surface area (Å²) in [5.41, 5.74) is -2.26. The van der Waals surface area contributed by atoms with Crippen LogP contribution in [0.25, 0.3) is 0 Å². The number of rotatable bonds is 3. The van der Waals surface area contributed by atoms with E-state index in [-0.39, 0.29) is 0 Å². The van der Waals surface area contributed by atoms with Crippen molar-refractivity contribution in [3.05, 3.63) is 0 Å². The number of hydrogen-bond donors (Lipinski definition) is 8. The zero-order valence-corrected chi connectivity index (χ0v) is 13.8. The molecule has 2 heterocycles. The SMILES string of the molecule is CC(=O)N[C@@]1(C2O[C@@H](C)[C@@H](O)[C@@H](O)[C@@H]2O)C(O)O[C@H](CO)[C@@H](O)[C@@H]1O. The summed E-state index contributed by atoms with van der Waals surface area (Å²) < 4.78 is 10.5. The molecule has 1 amide bonds. The number of nitrogens with one attached hydrogen (secondary N) is 1. The summed E-state index contributed by atoms with van der Waals surface area (Å²) in [5.74, 6) is -0.750. The van der Waals surface area contributed by atoms with Gasteiger partial charge in [0.05, 0.1) is 12.7 Å². The highest BCUT2D eigenvalue weighted by atomic mass is 16.6. The number of aliphatic hydroxyl groups is 7. The van der Waals surface area contributed by atoms with Crippen LogP contribution in [0.15, 0.2) is 0 Å². The molecule has 0 spiro atoms. The minimum Gasteiger partial charge on any atom is -0.394 e. The van der Waals surface area contributed by atoms with E-state index in [2.05, 4.69) is 5.32 Å². The van der Waals surface area contributed by atoms with Gasteiger partial charge in [0.25, 0.3) is 0 Å². The first kappa shape index (κ1) is 20.4. The number of carbonyl (C=O) groups is 1. The summed E-state index contributed by atoms with van der Waals surface area (Å²) >= 11 is 0. The zero-order valence-electron chi connectivity index (χ0n) is 13.8. The summed E-state index contributed by atoms with van der Waals surface area (Å²) in [7, 11) is 0. The smallest absolute Gasteiger partial charge is 0.217 e. The summed E-state index contributed by atoms with van der Waals surface area (Å²) in [6, 6.07) is 0. The molecule has 0 bridgehead atoms. The number of aliphatic hydroxyl groups excluding tert-OH is 7. The molecule has 10 atom stereocenters. The van der Waals surface area contributed by atoms with Gasteiger partial charge in [-0.1, -0.05) is 0 Å². The van der Waals surface area contributed by atoms with Crippen molar-refractivity contribution in [2.24, 2.45) is 0 Å². The highest BCUT2D eigenvalue weighted by Crippen LogP contribution is 2.38. The second-order valence-electron chi connectivity index (χ2n) is 6.49. The van der Waals surface area contributed by atoms with Crippen molar-refractivity contribution in [3.8, 4) is 0 Å². The number of hydrogen-bond acceptors (Lipinski definition) is 10. The molecule has 11 heteroatoms. The van der Waals surface area contributed by atoms with Gasteiger partial charge in [-0.05, 0) is 6.92 Å². The Hall–Kier alpha value is -0.890. The van der Waals surface area contributed by atoms with Crippen LogP contribution in [0.4, 0.5) is 0 Å². The molecular formula is C14H25NO10. The van der Waals surface area contributed by atoms with E-state index < -0.39 is 73.2 Å². The second kappa shape index (κ2) is 7.39. The maximum absolute atomic E-state index is 11.7. The molecule has 25 heavy (non-hydrogen) atoms. The predicted octanol–water partition coefficient (Wildman–Crippen LogP) is -4.84. The fourth-order valence-corrected chi connectivity index (χ4v) is 3.41. The van der Waals surface area contributed by atoms with Gasteiger partial charge in [0.2, 0.25) is 5.91 Å². The van der Waals surface area contributed by atoms with Gasteiger partial charge in [0.1, 0.15) is 48.3 Å². The van der Waals surface area contributed by atoms with E-state index in [0.29, 0.717) is 0 Å². The molecule has 2 fully saturated rings. The van der Waals surface area contributed by atoms with Crippen LogP contribution in [-0.4, -0.2) is 109 Å². The normalized spacial score (nSPS) is 51.2. The summed E-state index contributed by atoms with van der Waals surface area (Å²) in [5, 5.41) is 72.7. The van der Waals surface area contributed by atoms with Gasteiger partial charge in [-0.2, -0.15) is 0 Å². The molecule has 0 radical (unpaired) electrons. The van der Waals surface area contributed by atoms with Crippen LogP contribution in [0, 0.1) is 0 Å². The van der Waals surface area contributed by atoms with Crippen molar-refractivity contribution in [3.63, 3.8) is 0 Å². The molecule has 2 aliphatic heterocycles. The topological polar surface area (TPSA) is 189 Å². The third-order valence-corrected chi connectivity index (χ3v) is 4.80. The fourth-order valence-electron chi connectivity index (χ4n) is 3.41. The minimum absolute atomic E-state index is 0.725. The number of ether oxygens (including phenoxy) is 2. The molecule has 0 aromatic carbocycles. The van der Waals surface area contributed by atoms with Gasteiger partial charge in [0.15, 0.2) is 6.29 Å². The third-order valence-electron chi connectivity index (χ3n) is 4.80. The molecule has 146 valence electrons. The van der Waals surface area contributed by atoms with Crippen molar-refractivity contribution in [1.82, 2.24) is 5.32 Å². The molecule has 0 aliphatic carbocycles. The Morgan fingerprint density at radius 3 is 2.12 bits per heavy atom. The van der Waals surface area contributed by atoms with E-state index in [0.717, 1.165) is 6.92 Å². The molecule has 2 saturated heterocycles. The van der Waals surface area contributed by atoms with Gasteiger partial charge >= 0.3 is 0 Å². The van der Waals surface area contributed by atoms with Crippen LogP contribution in [0.2, 0.25) is 0 Å². The van der Waals surface area contributed by atoms with Gasteiger partial charge < -0.3 is 50.5 Å². The van der Waals surface area contributed by atoms with E-state index in [1.54, 1.807) is 0 Å². The average molecular weight is 367 g/mol. The lowest BCUT2D eigenvalue weighted by Gasteiger charge is -2.55. The molecule has 11 nitrogen and oxygen atoms in total. The van der Waals surface area contributed by atoms with Crippen LogP contribution in [0.5, 0.6) is 0 Å². The standard InChI is InChI=1S/C14H25NO10/c1-4-7(18)9(20)10(21)12(24-4)14(15-5(2)17)11(22)8(19)6(3-16)25-13(14)23/h4,6-13,16,18-23H,3H2,1-2H3,(H,15,17)/t4-,6+,7+,8+,9+,10-,11-,12?,13?,14-/m0/s1. The van der Waals surface area contributed by atoms with E-state index in [9.17, 15) is 40.5 Å². The Balaban J connectivity index is 2.49. The Bertz CT molecular complexity index is 492. The second-order valence-corrected chi connectivity index (χ2v) is 6.49. The van der Waals surface area contributed by atoms with Gasteiger partial charge in [-0.3, -0.25) is 4.79 Å². The quantitative estimate of drug-likeness (QED) is 0.240. The maximum atomic E-state index is 11.7. The predicted molar refractivity (Wildman–Crippen MR) is 78.9 cm³/mol. The lowest BCUT2D eigenvalue weighted by Crippen LogP contribution is -2.81. The Labute approximate surface area is 143 Å². The highest BCUT2D eigenvalue weighted by Gasteiger charge is 2.64. The molecule has 0 saturated carbocycles. The van der Waals surface area contributed by atoms with Crippen LogP contribution in [-0.2, 0) is 14.3 Å². The Kier molecular flexibility index (Phi) is 6.03. The molecule has 0 aromatic rings. The van der Waals surface area contributed by atoms with Crippen molar-refractivity contribution < 1.29 is 50.0 Å². The minimum atomic E-state index is -2.26.